The van der Waals surface area contributed by atoms with Crippen LogP contribution >= 0.6 is 0 Å². The van der Waals surface area contributed by atoms with Crippen LogP contribution in [-0.4, -0.2) is 98.4 Å². The Bertz CT molecular complexity index is 434. The molecular weight excluding hydrogens is 322 g/mol. The maximum Gasteiger partial charge on any atom is 0.220 e. The Morgan fingerprint density at radius 2 is 1.88 bits per heavy atom. The van der Waals surface area contributed by atoms with E-state index in [-0.39, 0.29) is 18.6 Å². The maximum atomic E-state index is 11.9. The van der Waals surface area contributed by atoms with Gasteiger partial charge in [0.25, 0.3) is 0 Å². The minimum Gasteiger partial charge on any atom is -0.394 e. The van der Waals surface area contributed by atoms with Gasteiger partial charge in [-0.3, -0.25) is 4.79 Å². The summed E-state index contributed by atoms with van der Waals surface area (Å²) >= 11 is 0. The smallest absolute Gasteiger partial charge is 0.220 e. The van der Waals surface area contributed by atoms with Gasteiger partial charge in [0.1, 0.15) is 24.4 Å². The fraction of sp³-hybridized carbons (Fsp3) is 0.933. The van der Waals surface area contributed by atoms with E-state index in [1.807, 2.05) is 6.92 Å². The van der Waals surface area contributed by atoms with Crippen molar-refractivity contribution in [1.82, 2.24) is 4.90 Å². The van der Waals surface area contributed by atoms with E-state index >= 15 is 0 Å². The van der Waals surface area contributed by atoms with E-state index in [1.54, 1.807) is 4.90 Å². The number of ether oxygens (including phenoxy) is 2. The monoisotopic (exact) mass is 349 g/mol. The number of rotatable bonds is 5. The minimum absolute atomic E-state index is 0.0825. The second-order valence-corrected chi connectivity index (χ2v) is 6.39. The molecule has 1 amide bonds. The van der Waals surface area contributed by atoms with Gasteiger partial charge >= 0.3 is 0 Å². The third-order valence-corrected chi connectivity index (χ3v) is 4.82. The Morgan fingerprint density at radius 3 is 2.42 bits per heavy atom. The number of hydrogen-bond donors (Lipinski definition) is 5. The first kappa shape index (κ1) is 19.5. The Labute approximate surface area is 140 Å². The average molecular weight is 349 g/mol. The molecular formula is C15H27NO8. The molecule has 140 valence electrons. The van der Waals surface area contributed by atoms with Gasteiger partial charge in [-0.1, -0.05) is 6.92 Å². The van der Waals surface area contributed by atoms with Gasteiger partial charge in [-0.25, -0.2) is 0 Å². The third-order valence-electron chi connectivity index (χ3n) is 4.82. The molecule has 0 saturated carbocycles. The summed E-state index contributed by atoms with van der Waals surface area (Å²) in [5, 5.41) is 48.8. The largest absolute Gasteiger partial charge is 0.394 e. The zero-order valence-electron chi connectivity index (χ0n) is 13.9. The summed E-state index contributed by atoms with van der Waals surface area (Å²) in [6, 6.07) is -0.666. The SMILES string of the molecule is CC[C@H]1C[C@@H](O)[C@H](COC2OC(CO)C(O)C(O)[C@@H]2O)N1C(C)=O. The highest BCUT2D eigenvalue weighted by Gasteiger charge is 2.46. The van der Waals surface area contributed by atoms with E-state index in [0.717, 1.165) is 0 Å². The molecule has 24 heavy (non-hydrogen) atoms. The molecule has 0 bridgehead atoms. The molecule has 5 N–H and O–H groups in total. The second kappa shape index (κ2) is 8.05. The lowest BCUT2D eigenvalue weighted by Crippen LogP contribution is -2.59. The molecule has 2 aliphatic rings. The van der Waals surface area contributed by atoms with Crippen LogP contribution < -0.4 is 0 Å². The molecule has 2 saturated heterocycles. The van der Waals surface area contributed by atoms with Crippen molar-refractivity contribution in [1.29, 1.82) is 0 Å². The minimum atomic E-state index is -1.53. The van der Waals surface area contributed by atoms with Crippen LogP contribution in [0.1, 0.15) is 26.7 Å². The van der Waals surface area contributed by atoms with Crippen LogP contribution in [0.5, 0.6) is 0 Å². The average Bonchev–Trinajstić information content (AvgIpc) is 2.88. The van der Waals surface area contributed by atoms with Crippen LogP contribution in [0.25, 0.3) is 0 Å². The van der Waals surface area contributed by atoms with Gasteiger partial charge in [-0.15, -0.1) is 0 Å². The van der Waals surface area contributed by atoms with E-state index < -0.39 is 49.5 Å². The van der Waals surface area contributed by atoms with Crippen molar-refractivity contribution in [2.75, 3.05) is 13.2 Å². The molecule has 0 aromatic heterocycles. The van der Waals surface area contributed by atoms with E-state index in [0.29, 0.717) is 12.8 Å². The first-order valence-electron chi connectivity index (χ1n) is 8.20. The highest BCUT2D eigenvalue weighted by atomic mass is 16.7. The number of aliphatic hydroxyl groups excluding tert-OH is 5. The fourth-order valence-corrected chi connectivity index (χ4v) is 3.45. The standard InChI is InChI=1S/C15H27NO8/c1-3-8-4-10(19)9(16(8)7(2)18)6-23-15-14(22)13(21)12(20)11(5-17)24-15/h8-15,17,19-22H,3-6H2,1-2H3/t8-,9-,10+,11?,12?,13?,14-,15?/m0/s1. The molecule has 0 aromatic carbocycles. The van der Waals surface area contributed by atoms with Gasteiger partial charge in [-0.2, -0.15) is 0 Å². The molecule has 9 heteroatoms. The number of hydrogen-bond acceptors (Lipinski definition) is 8. The number of carbonyl (C=O) groups excluding carboxylic acids is 1. The van der Waals surface area contributed by atoms with Crippen LogP contribution in [0.15, 0.2) is 0 Å². The summed E-state index contributed by atoms with van der Waals surface area (Å²) in [6.07, 6.45) is -6.44. The van der Waals surface area contributed by atoms with Crippen LogP contribution in [0.3, 0.4) is 0 Å². The van der Waals surface area contributed by atoms with Crippen molar-refractivity contribution in [3.63, 3.8) is 0 Å². The predicted molar refractivity (Wildman–Crippen MR) is 80.7 cm³/mol. The lowest BCUT2D eigenvalue weighted by atomic mass is 9.99. The van der Waals surface area contributed by atoms with E-state index in [9.17, 15) is 25.2 Å². The molecule has 2 rings (SSSR count). The molecule has 0 aromatic rings. The zero-order chi connectivity index (χ0) is 18.0. The molecule has 0 aliphatic carbocycles. The fourth-order valence-electron chi connectivity index (χ4n) is 3.45. The third kappa shape index (κ3) is 3.72. The Balaban J connectivity index is 2.02. The molecule has 4 unspecified atom stereocenters. The molecule has 0 spiro atoms. The summed E-state index contributed by atoms with van der Waals surface area (Å²) < 4.78 is 10.7. The first-order valence-corrected chi connectivity index (χ1v) is 8.20. The van der Waals surface area contributed by atoms with Crippen LogP contribution in [0, 0.1) is 0 Å². The normalized spacial score (nSPS) is 43.2. The quantitative estimate of drug-likeness (QED) is 0.369. The molecule has 9 nitrogen and oxygen atoms in total. The lowest BCUT2D eigenvalue weighted by Gasteiger charge is -2.40. The van der Waals surface area contributed by atoms with Crippen molar-refractivity contribution < 1.29 is 39.8 Å². The van der Waals surface area contributed by atoms with Gasteiger partial charge in [0.2, 0.25) is 5.91 Å². The van der Waals surface area contributed by atoms with E-state index in [4.69, 9.17) is 14.6 Å². The number of carbonyl (C=O) groups is 1. The number of likely N-dealkylation sites (tertiary alicyclic amines) is 1. The summed E-state index contributed by atoms with van der Waals surface area (Å²) in [5.74, 6) is -0.180. The number of aliphatic hydroxyl groups is 5. The van der Waals surface area contributed by atoms with Crippen molar-refractivity contribution >= 4 is 5.91 Å². The summed E-state index contributed by atoms with van der Waals surface area (Å²) in [5.41, 5.74) is 0. The summed E-state index contributed by atoms with van der Waals surface area (Å²) in [6.45, 7) is 2.70. The molecule has 8 atom stereocenters. The van der Waals surface area contributed by atoms with Crippen LogP contribution in [-0.2, 0) is 14.3 Å². The zero-order valence-corrected chi connectivity index (χ0v) is 13.9. The van der Waals surface area contributed by atoms with E-state index in [2.05, 4.69) is 0 Å². The first-order chi connectivity index (χ1) is 11.3. The Morgan fingerprint density at radius 1 is 1.21 bits per heavy atom. The highest BCUT2D eigenvalue weighted by Crippen LogP contribution is 2.29. The molecule has 2 fully saturated rings. The van der Waals surface area contributed by atoms with E-state index in [1.165, 1.54) is 6.92 Å². The second-order valence-electron chi connectivity index (χ2n) is 6.39. The number of amides is 1. The van der Waals surface area contributed by atoms with Crippen molar-refractivity contribution in [2.24, 2.45) is 0 Å². The Kier molecular flexibility index (Phi) is 6.54. The Hall–Kier alpha value is -0.810. The topological polar surface area (TPSA) is 140 Å². The van der Waals surface area contributed by atoms with Crippen molar-refractivity contribution in [2.45, 2.75) is 75.6 Å². The van der Waals surface area contributed by atoms with Gasteiger partial charge in [0.05, 0.1) is 25.4 Å². The van der Waals surface area contributed by atoms with Gasteiger partial charge in [-0.05, 0) is 12.8 Å². The van der Waals surface area contributed by atoms with Gasteiger partial charge in [0, 0.05) is 13.0 Å². The maximum absolute atomic E-state index is 11.9. The summed E-state index contributed by atoms with van der Waals surface area (Å²) in [7, 11) is 0. The predicted octanol–water partition coefficient (Wildman–Crippen LogP) is -2.44. The molecule has 2 heterocycles. The van der Waals surface area contributed by atoms with Gasteiger partial charge in [0.15, 0.2) is 6.29 Å². The van der Waals surface area contributed by atoms with Crippen molar-refractivity contribution in [3.8, 4) is 0 Å². The van der Waals surface area contributed by atoms with Crippen LogP contribution in [0.4, 0.5) is 0 Å². The lowest BCUT2D eigenvalue weighted by molar-refractivity contribution is -0.303. The van der Waals surface area contributed by atoms with Crippen LogP contribution in [0.2, 0.25) is 0 Å². The molecule has 0 radical (unpaired) electrons. The van der Waals surface area contributed by atoms with Crippen molar-refractivity contribution in [3.05, 3.63) is 0 Å². The highest BCUT2D eigenvalue weighted by molar-refractivity contribution is 5.74. The van der Waals surface area contributed by atoms with Gasteiger partial charge < -0.3 is 39.9 Å². The molecule has 2 aliphatic heterocycles. The number of nitrogens with zero attached hydrogens (tertiary/aromatic N) is 1. The summed E-state index contributed by atoms with van der Waals surface area (Å²) in [4.78, 5) is 13.4.